The zero-order chi connectivity index (χ0) is 27.0. The number of alkyl halides is 3. The second-order valence-electron chi connectivity index (χ2n) is 7.25. The summed E-state index contributed by atoms with van der Waals surface area (Å²) in [6, 6.07) is 10.6. The molecule has 2 aromatic carbocycles. The minimum Gasteiger partial charge on any atom is -0.496 e. The van der Waals surface area contributed by atoms with Gasteiger partial charge in [-0.05, 0) is 48.9 Å². The van der Waals surface area contributed by atoms with Crippen molar-refractivity contribution >= 4 is 29.2 Å². The zero-order valence-corrected chi connectivity index (χ0v) is 20.3. The minimum absolute atomic E-state index is 0.228. The van der Waals surface area contributed by atoms with E-state index in [0.717, 1.165) is 11.3 Å². The summed E-state index contributed by atoms with van der Waals surface area (Å²) in [5.41, 5.74) is 8.99. The average molecular weight is 529 g/mol. The molecular weight excluding hydrogens is 505 g/mol. The van der Waals surface area contributed by atoms with Crippen LogP contribution in [0.5, 0.6) is 11.5 Å². The predicted octanol–water partition coefficient (Wildman–Crippen LogP) is 4.28. The van der Waals surface area contributed by atoms with Gasteiger partial charge in [0.2, 0.25) is 0 Å². The maximum atomic E-state index is 12.7. The Labute approximate surface area is 209 Å². The zero-order valence-electron chi connectivity index (χ0n) is 19.5. The summed E-state index contributed by atoms with van der Waals surface area (Å²) in [4.78, 5) is 21.6. The molecule has 0 radical (unpaired) electrons. The number of benzene rings is 2. The fourth-order valence-electron chi connectivity index (χ4n) is 3.02. The van der Waals surface area contributed by atoms with Crippen LogP contribution in [0.4, 0.5) is 18.9 Å². The quantitative estimate of drug-likeness (QED) is 0.417. The normalized spacial score (nSPS) is 10.8. The number of carbonyl (C=O) groups is 2. The molecule has 0 atom stereocenters. The molecule has 194 valence electrons. The van der Waals surface area contributed by atoms with E-state index < -0.39 is 12.1 Å². The maximum absolute atomic E-state index is 12.7. The van der Waals surface area contributed by atoms with Gasteiger partial charge in [-0.3, -0.25) is 9.48 Å². The van der Waals surface area contributed by atoms with E-state index in [1.54, 1.807) is 55.4 Å². The van der Waals surface area contributed by atoms with Gasteiger partial charge < -0.3 is 25.6 Å². The van der Waals surface area contributed by atoms with Crippen molar-refractivity contribution in [1.82, 2.24) is 9.78 Å². The molecular formula is C23H24ClF3N4O5. The first kappa shape index (κ1) is 28.5. The number of amides is 1. The number of methoxy groups -OCH3 is 1. The number of carboxylic acids is 1. The highest BCUT2D eigenvalue weighted by Crippen LogP contribution is 2.36. The Morgan fingerprint density at radius 1 is 1.19 bits per heavy atom. The highest BCUT2D eigenvalue weighted by Gasteiger charge is 2.38. The molecule has 0 unspecified atom stereocenters. The molecule has 0 fully saturated rings. The van der Waals surface area contributed by atoms with Crippen LogP contribution in [0.1, 0.15) is 15.9 Å². The van der Waals surface area contributed by atoms with Crippen molar-refractivity contribution in [2.45, 2.75) is 13.1 Å². The van der Waals surface area contributed by atoms with E-state index in [2.05, 4.69) is 10.4 Å². The molecule has 3 aromatic rings. The third-order valence-electron chi connectivity index (χ3n) is 4.66. The SMILES string of the molecule is COc1ccc(C(=O)Nc2ccc(OCCN)c(-c3c(Cl)cnn3C)c2)cc1C.O=C(O)C(F)(F)F. The Balaban J connectivity index is 0.000000572. The summed E-state index contributed by atoms with van der Waals surface area (Å²) >= 11 is 6.32. The Morgan fingerprint density at radius 2 is 1.83 bits per heavy atom. The monoisotopic (exact) mass is 528 g/mol. The Morgan fingerprint density at radius 3 is 2.33 bits per heavy atom. The van der Waals surface area contributed by atoms with Crippen LogP contribution in [0.15, 0.2) is 42.6 Å². The summed E-state index contributed by atoms with van der Waals surface area (Å²) in [6.07, 6.45) is -3.52. The second-order valence-corrected chi connectivity index (χ2v) is 7.66. The minimum atomic E-state index is -5.08. The smallest absolute Gasteiger partial charge is 0.490 e. The van der Waals surface area contributed by atoms with Crippen LogP contribution in [0.25, 0.3) is 11.3 Å². The summed E-state index contributed by atoms with van der Waals surface area (Å²) in [5, 5.41) is 14.7. The van der Waals surface area contributed by atoms with E-state index in [0.29, 0.717) is 46.4 Å². The van der Waals surface area contributed by atoms with Gasteiger partial charge in [0.25, 0.3) is 5.91 Å². The van der Waals surface area contributed by atoms with E-state index in [9.17, 15) is 18.0 Å². The van der Waals surface area contributed by atoms with Gasteiger partial charge in [-0.2, -0.15) is 18.3 Å². The lowest BCUT2D eigenvalue weighted by atomic mass is 10.1. The molecule has 4 N–H and O–H groups in total. The van der Waals surface area contributed by atoms with Crippen LogP contribution in [-0.2, 0) is 11.8 Å². The molecule has 0 aliphatic heterocycles. The highest BCUT2D eigenvalue weighted by molar-refractivity contribution is 6.33. The Hall–Kier alpha value is -3.77. The number of ether oxygens (including phenoxy) is 2. The average Bonchev–Trinajstić information content (AvgIpc) is 3.15. The summed E-state index contributed by atoms with van der Waals surface area (Å²) in [7, 11) is 3.39. The molecule has 1 amide bonds. The van der Waals surface area contributed by atoms with Gasteiger partial charge >= 0.3 is 12.1 Å². The number of nitrogens with two attached hydrogens (primary N) is 1. The number of carbonyl (C=O) groups excluding carboxylic acids is 1. The summed E-state index contributed by atoms with van der Waals surface area (Å²) in [6.45, 7) is 2.63. The Kier molecular flexibility index (Phi) is 9.70. The van der Waals surface area contributed by atoms with Crippen LogP contribution in [0, 0.1) is 6.92 Å². The molecule has 0 saturated carbocycles. The van der Waals surface area contributed by atoms with Crippen molar-refractivity contribution < 1.29 is 37.3 Å². The number of anilines is 1. The van der Waals surface area contributed by atoms with E-state index in [1.807, 2.05) is 13.0 Å². The molecule has 0 spiro atoms. The summed E-state index contributed by atoms with van der Waals surface area (Å²) in [5.74, 6) is -1.64. The molecule has 0 saturated heterocycles. The van der Waals surface area contributed by atoms with Crippen molar-refractivity contribution in [3.8, 4) is 22.8 Å². The van der Waals surface area contributed by atoms with Crippen LogP contribution >= 0.6 is 11.6 Å². The van der Waals surface area contributed by atoms with Crippen LogP contribution in [-0.4, -0.2) is 53.2 Å². The van der Waals surface area contributed by atoms with Crippen molar-refractivity contribution in [3.63, 3.8) is 0 Å². The molecule has 0 aliphatic carbocycles. The van der Waals surface area contributed by atoms with E-state index in [-0.39, 0.29) is 5.91 Å². The van der Waals surface area contributed by atoms with Crippen molar-refractivity contribution in [1.29, 1.82) is 0 Å². The fourth-order valence-corrected chi connectivity index (χ4v) is 3.29. The second kappa shape index (κ2) is 12.3. The molecule has 0 bridgehead atoms. The molecule has 1 heterocycles. The molecule has 36 heavy (non-hydrogen) atoms. The Bertz CT molecular complexity index is 1210. The number of hydrogen-bond donors (Lipinski definition) is 3. The number of carboxylic acid groups (broad SMARTS) is 1. The lowest BCUT2D eigenvalue weighted by Gasteiger charge is -2.14. The van der Waals surface area contributed by atoms with Crippen LogP contribution < -0.4 is 20.5 Å². The van der Waals surface area contributed by atoms with Crippen LogP contribution in [0.2, 0.25) is 5.02 Å². The summed E-state index contributed by atoms with van der Waals surface area (Å²) < 4.78 is 44.4. The standard InChI is InChI=1S/C21H23ClN4O3.C2HF3O2/c1-13-10-14(4-6-18(13)28-3)21(27)25-15-5-7-19(29-9-8-23)16(11-15)20-17(22)12-24-26(20)2;3-2(4,5)1(6)7/h4-7,10-12H,8-9,23H2,1-3H3,(H,25,27);(H,6,7). The lowest BCUT2D eigenvalue weighted by Crippen LogP contribution is -2.21. The molecule has 9 nitrogen and oxygen atoms in total. The maximum Gasteiger partial charge on any atom is 0.490 e. The highest BCUT2D eigenvalue weighted by atomic mass is 35.5. The van der Waals surface area contributed by atoms with Gasteiger partial charge in [-0.1, -0.05) is 11.6 Å². The molecule has 1 aromatic heterocycles. The van der Waals surface area contributed by atoms with Gasteiger partial charge in [0, 0.05) is 30.4 Å². The van der Waals surface area contributed by atoms with E-state index in [1.165, 1.54) is 0 Å². The first-order valence-corrected chi connectivity index (χ1v) is 10.7. The van der Waals surface area contributed by atoms with Crippen molar-refractivity contribution in [3.05, 3.63) is 58.7 Å². The van der Waals surface area contributed by atoms with Crippen molar-refractivity contribution in [2.75, 3.05) is 25.6 Å². The number of rotatable bonds is 7. The number of nitrogens with one attached hydrogen (secondary N) is 1. The lowest BCUT2D eigenvalue weighted by molar-refractivity contribution is -0.192. The topological polar surface area (TPSA) is 129 Å². The van der Waals surface area contributed by atoms with Gasteiger partial charge in [0.05, 0.1) is 24.0 Å². The number of aliphatic carboxylic acids is 1. The van der Waals surface area contributed by atoms with Gasteiger partial charge in [-0.25, -0.2) is 4.79 Å². The number of aromatic nitrogens is 2. The van der Waals surface area contributed by atoms with E-state index in [4.69, 9.17) is 36.7 Å². The number of halogens is 4. The third-order valence-corrected chi connectivity index (χ3v) is 4.94. The van der Waals surface area contributed by atoms with Crippen molar-refractivity contribution in [2.24, 2.45) is 12.8 Å². The van der Waals surface area contributed by atoms with Gasteiger partial charge in [-0.15, -0.1) is 0 Å². The fraction of sp³-hybridized carbons (Fsp3) is 0.261. The molecule has 0 aliphatic rings. The largest absolute Gasteiger partial charge is 0.496 e. The first-order chi connectivity index (χ1) is 16.9. The predicted molar refractivity (Wildman–Crippen MR) is 128 cm³/mol. The van der Waals surface area contributed by atoms with Crippen LogP contribution in [0.3, 0.4) is 0 Å². The third kappa shape index (κ3) is 7.36. The van der Waals surface area contributed by atoms with Gasteiger partial charge in [0.1, 0.15) is 18.1 Å². The molecule has 3 rings (SSSR count). The first-order valence-electron chi connectivity index (χ1n) is 10.3. The number of hydrogen-bond acceptors (Lipinski definition) is 6. The number of aryl methyl sites for hydroxylation is 2. The van der Waals surface area contributed by atoms with E-state index >= 15 is 0 Å². The van der Waals surface area contributed by atoms with Gasteiger partial charge in [0.15, 0.2) is 0 Å². The molecule has 13 heteroatoms. The number of nitrogens with zero attached hydrogens (tertiary/aromatic N) is 2.